The number of aromatic hydroxyl groups is 1. The number of phenols is 1. The zero-order valence-electron chi connectivity index (χ0n) is 16.2. The molecule has 0 saturated heterocycles. The van der Waals surface area contributed by atoms with Gasteiger partial charge in [-0.3, -0.25) is 14.3 Å². The molecule has 1 saturated carbocycles. The van der Waals surface area contributed by atoms with E-state index >= 15 is 0 Å². The minimum atomic E-state index is -0.283. The quantitative estimate of drug-likeness (QED) is 0.393. The number of fused-ring (bicyclic) bond motifs is 3. The Hall–Kier alpha value is -3.10. The van der Waals surface area contributed by atoms with Crippen LogP contribution in [0.2, 0.25) is 0 Å². The maximum Gasteiger partial charge on any atom is 0.263 e. The summed E-state index contributed by atoms with van der Waals surface area (Å²) in [5.74, 6) is 0.672. The highest BCUT2D eigenvalue weighted by atomic mass is 32.1. The molecule has 0 spiro atoms. The van der Waals surface area contributed by atoms with Crippen LogP contribution in [0.3, 0.4) is 0 Å². The van der Waals surface area contributed by atoms with Crippen molar-refractivity contribution in [2.75, 3.05) is 0 Å². The highest BCUT2D eigenvalue weighted by Crippen LogP contribution is 2.45. The molecule has 0 unspecified atom stereocenters. The molecule has 8 heteroatoms. The van der Waals surface area contributed by atoms with Gasteiger partial charge in [-0.25, -0.2) is 9.37 Å². The van der Waals surface area contributed by atoms with E-state index in [9.17, 15) is 14.3 Å². The lowest BCUT2D eigenvalue weighted by Gasteiger charge is -2.15. The van der Waals surface area contributed by atoms with Gasteiger partial charge < -0.3 is 5.11 Å². The number of hydrogen-bond acceptors (Lipinski definition) is 6. The topological polar surface area (TPSA) is 68.0 Å². The van der Waals surface area contributed by atoms with Crippen LogP contribution in [-0.4, -0.2) is 19.6 Å². The zero-order valence-corrected chi connectivity index (χ0v) is 17.8. The molecule has 5 nitrogen and oxygen atoms in total. The van der Waals surface area contributed by atoms with Crippen molar-refractivity contribution in [1.29, 1.82) is 0 Å². The average Bonchev–Trinajstić information content (AvgIpc) is 3.34. The number of nitrogens with zero attached hydrogens (tertiary/aromatic N) is 3. The molecule has 0 amide bonds. The molecule has 5 aromatic rings. The molecule has 31 heavy (non-hydrogen) atoms. The van der Waals surface area contributed by atoms with E-state index in [0.29, 0.717) is 38.6 Å². The Kier molecular flexibility index (Phi) is 4.19. The number of thiazole rings is 1. The number of aromatic nitrogens is 3. The van der Waals surface area contributed by atoms with Gasteiger partial charge in [-0.2, -0.15) is 0 Å². The van der Waals surface area contributed by atoms with Gasteiger partial charge in [0, 0.05) is 22.0 Å². The predicted molar refractivity (Wildman–Crippen MR) is 122 cm³/mol. The molecule has 0 aliphatic heterocycles. The van der Waals surface area contributed by atoms with Gasteiger partial charge >= 0.3 is 0 Å². The van der Waals surface area contributed by atoms with Gasteiger partial charge in [-0.15, -0.1) is 22.7 Å². The lowest BCUT2D eigenvalue weighted by atomic mass is 10.0. The number of phenolic OH excluding ortho intramolecular Hbond substituents is 1. The Balaban J connectivity index is 1.69. The molecule has 1 fully saturated rings. The third kappa shape index (κ3) is 3.05. The molecule has 3 heterocycles. The molecule has 1 aliphatic carbocycles. The molecule has 0 atom stereocenters. The molecule has 3 aromatic heterocycles. The van der Waals surface area contributed by atoms with Gasteiger partial charge in [0.15, 0.2) is 0 Å². The van der Waals surface area contributed by atoms with Crippen molar-refractivity contribution in [1.82, 2.24) is 14.5 Å². The van der Waals surface area contributed by atoms with E-state index in [1.165, 1.54) is 28.7 Å². The molecule has 154 valence electrons. The number of rotatable bonds is 4. The van der Waals surface area contributed by atoms with Crippen LogP contribution in [0.4, 0.5) is 4.39 Å². The Labute approximate surface area is 184 Å². The Morgan fingerprint density at radius 1 is 1.23 bits per heavy atom. The van der Waals surface area contributed by atoms with E-state index in [2.05, 4.69) is 4.98 Å². The largest absolute Gasteiger partial charge is 0.506 e. The van der Waals surface area contributed by atoms with Crippen molar-refractivity contribution in [3.05, 3.63) is 74.7 Å². The van der Waals surface area contributed by atoms with E-state index in [1.807, 2.05) is 6.07 Å². The fraction of sp³-hybridized carbons (Fsp3) is 0.174. The van der Waals surface area contributed by atoms with E-state index < -0.39 is 0 Å². The number of hydrogen-bond donors (Lipinski definition) is 1. The van der Waals surface area contributed by atoms with Crippen LogP contribution in [0.15, 0.2) is 52.9 Å². The second kappa shape index (κ2) is 6.96. The lowest BCUT2D eigenvalue weighted by molar-refractivity contribution is 0.482. The van der Waals surface area contributed by atoms with Crippen molar-refractivity contribution in [2.24, 2.45) is 0 Å². The molecule has 0 bridgehead atoms. The predicted octanol–water partition coefficient (Wildman–Crippen LogP) is 5.51. The number of benzene rings is 2. The summed E-state index contributed by atoms with van der Waals surface area (Å²) in [6.07, 6.45) is 3.76. The fourth-order valence-corrected chi connectivity index (χ4v) is 5.72. The van der Waals surface area contributed by atoms with Crippen LogP contribution in [0.1, 0.15) is 29.2 Å². The molecular weight excluding hydrogens is 433 g/mol. The van der Waals surface area contributed by atoms with Crippen LogP contribution in [0.25, 0.3) is 31.7 Å². The highest BCUT2D eigenvalue weighted by molar-refractivity contribution is 7.25. The number of thiophene rings is 1. The third-order valence-corrected chi connectivity index (χ3v) is 7.55. The normalized spacial score (nSPS) is 14.0. The van der Waals surface area contributed by atoms with Crippen LogP contribution in [0.5, 0.6) is 5.75 Å². The van der Waals surface area contributed by atoms with Gasteiger partial charge in [-0.1, -0.05) is 12.1 Å². The van der Waals surface area contributed by atoms with E-state index in [0.717, 1.165) is 28.8 Å². The second-order valence-electron chi connectivity index (χ2n) is 7.74. The summed E-state index contributed by atoms with van der Waals surface area (Å²) < 4.78 is 16.4. The molecule has 0 radical (unpaired) electrons. The van der Waals surface area contributed by atoms with Crippen molar-refractivity contribution in [2.45, 2.75) is 25.3 Å². The summed E-state index contributed by atoms with van der Waals surface area (Å²) in [5, 5.41) is 11.5. The van der Waals surface area contributed by atoms with Crippen LogP contribution in [0, 0.1) is 5.82 Å². The molecule has 1 aliphatic rings. The van der Waals surface area contributed by atoms with Gasteiger partial charge in [-0.05, 0) is 48.6 Å². The Bertz CT molecular complexity index is 1520. The van der Waals surface area contributed by atoms with Crippen molar-refractivity contribution in [3.63, 3.8) is 0 Å². The summed E-state index contributed by atoms with van der Waals surface area (Å²) in [6, 6.07) is 9.89. The smallest absolute Gasteiger partial charge is 0.263 e. The fourth-order valence-electron chi connectivity index (χ4n) is 4.06. The first kappa shape index (κ1) is 18.7. The van der Waals surface area contributed by atoms with Gasteiger partial charge in [0.2, 0.25) is 0 Å². The maximum absolute atomic E-state index is 14.1. The standard InChI is InChI=1S/C23H16FN3O2S2/c24-13-6-7-15(17(8-13)12-4-5-12)21-26-22-19(16-2-1-3-18(28)20(16)31-22)23(29)27(21)10-14-9-25-11-30-14/h1-3,6-9,11-12,28H,4-5,10H2. The van der Waals surface area contributed by atoms with Gasteiger partial charge in [0.25, 0.3) is 5.56 Å². The lowest BCUT2D eigenvalue weighted by Crippen LogP contribution is -2.23. The highest BCUT2D eigenvalue weighted by Gasteiger charge is 2.29. The molecule has 6 rings (SSSR count). The first-order valence-electron chi connectivity index (χ1n) is 9.92. The molecule has 2 aromatic carbocycles. The van der Waals surface area contributed by atoms with E-state index in [1.54, 1.807) is 40.5 Å². The summed E-state index contributed by atoms with van der Waals surface area (Å²) in [5.41, 5.74) is 3.25. The summed E-state index contributed by atoms with van der Waals surface area (Å²) >= 11 is 2.78. The Morgan fingerprint density at radius 2 is 2.10 bits per heavy atom. The summed E-state index contributed by atoms with van der Waals surface area (Å²) in [7, 11) is 0. The average molecular weight is 450 g/mol. The minimum absolute atomic E-state index is 0.135. The summed E-state index contributed by atoms with van der Waals surface area (Å²) in [6.45, 7) is 0.333. The van der Waals surface area contributed by atoms with Crippen LogP contribution < -0.4 is 5.56 Å². The van der Waals surface area contributed by atoms with Gasteiger partial charge in [0.1, 0.15) is 22.2 Å². The van der Waals surface area contributed by atoms with Crippen molar-refractivity contribution >= 4 is 43.0 Å². The van der Waals surface area contributed by atoms with Crippen molar-refractivity contribution in [3.8, 4) is 17.1 Å². The first-order chi connectivity index (χ1) is 15.1. The maximum atomic E-state index is 14.1. The molecular formula is C23H16FN3O2S2. The number of halogens is 1. The molecule has 1 N–H and O–H groups in total. The zero-order chi connectivity index (χ0) is 21.1. The minimum Gasteiger partial charge on any atom is -0.506 e. The first-order valence-corrected chi connectivity index (χ1v) is 11.6. The Morgan fingerprint density at radius 3 is 2.87 bits per heavy atom. The van der Waals surface area contributed by atoms with Crippen molar-refractivity contribution < 1.29 is 9.50 Å². The SMILES string of the molecule is O=c1c2c(nc(-c3ccc(F)cc3C3CC3)n1Cc1cncs1)sc1c(O)cccc12. The van der Waals surface area contributed by atoms with Gasteiger partial charge in [0.05, 0.1) is 22.1 Å². The third-order valence-electron chi connectivity index (χ3n) is 5.67. The van der Waals surface area contributed by atoms with Crippen LogP contribution in [-0.2, 0) is 6.54 Å². The summed E-state index contributed by atoms with van der Waals surface area (Å²) in [4.78, 5) is 24.3. The van der Waals surface area contributed by atoms with E-state index in [4.69, 9.17) is 4.98 Å². The van der Waals surface area contributed by atoms with Crippen LogP contribution >= 0.6 is 22.7 Å². The van der Waals surface area contributed by atoms with E-state index in [-0.39, 0.29) is 17.1 Å². The monoisotopic (exact) mass is 449 g/mol. The second-order valence-corrected chi connectivity index (χ2v) is 9.71.